The highest BCUT2D eigenvalue weighted by atomic mass is 16.5. The van der Waals surface area contributed by atoms with E-state index < -0.39 is 0 Å². The van der Waals surface area contributed by atoms with E-state index in [0.717, 1.165) is 13.0 Å². The molecule has 0 aromatic carbocycles. The Labute approximate surface area is 111 Å². The second kappa shape index (κ2) is 4.88. The average Bonchev–Trinajstić information content (AvgIpc) is 3.05. The van der Waals surface area contributed by atoms with Crippen molar-refractivity contribution in [2.45, 2.75) is 31.8 Å². The normalized spacial score (nSPS) is 30.5. The van der Waals surface area contributed by atoms with Crippen LogP contribution in [0.25, 0.3) is 0 Å². The maximum absolute atomic E-state index is 12.0. The lowest BCUT2D eigenvalue weighted by Crippen LogP contribution is -2.40. The molecule has 1 aliphatic carbocycles. The van der Waals surface area contributed by atoms with Gasteiger partial charge in [-0.15, -0.1) is 10.2 Å². The predicted octanol–water partition coefficient (Wildman–Crippen LogP) is -0.0164. The lowest BCUT2D eigenvalue weighted by atomic mass is 9.94. The molecule has 7 heteroatoms. The molecule has 104 valence electrons. The molecule has 0 amide bonds. The van der Waals surface area contributed by atoms with Gasteiger partial charge in [-0.2, -0.15) is 4.80 Å². The Bertz CT molecular complexity index is 474. The molecular weight excluding hydrogens is 246 g/mol. The standard InChI is InChI=1S/C12H19N5O2/c1-16-14-10(13-15-16)7-17-6-8-4-3-5-9(8)11(17)12(18)19-2/h8-9,11H,3-7H2,1-2H3. The number of tetrazole rings is 1. The van der Waals surface area contributed by atoms with Gasteiger partial charge in [-0.3, -0.25) is 9.69 Å². The van der Waals surface area contributed by atoms with Gasteiger partial charge >= 0.3 is 5.97 Å². The fourth-order valence-electron chi connectivity index (χ4n) is 3.57. The zero-order valence-electron chi connectivity index (χ0n) is 11.3. The maximum atomic E-state index is 12.0. The number of nitrogens with zero attached hydrogens (tertiary/aromatic N) is 5. The molecule has 2 heterocycles. The van der Waals surface area contributed by atoms with E-state index >= 15 is 0 Å². The average molecular weight is 265 g/mol. The Morgan fingerprint density at radius 3 is 3.00 bits per heavy atom. The molecule has 1 aromatic heterocycles. The molecule has 7 nitrogen and oxygen atoms in total. The highest BCUT2D eigenvalue weighted by Crippen LogP contribution is 2.42. The number of ether oxygens (including phenoxy) is 1. The van der Waals surface area contributed by atoms with E-state index in [0.29, 0.717) is 24.2 Å². The van der Waals surface area contributed by atoms with Crippen LogP contribution in [0, 0.1) is 11.8 Å². The number of carbonyl (C=O) groups excluding carboxylic acids is 1. The first-order chi connectivity index (χ1) is 9.19. The van der Waals surface area contributed by atoms with Gasteiger partial charge in [-0.1, -0.05) is 6.42 Å². The van der Waals surface area contributed by atoms with Crippen LogP contribution >= 0.6 is 0 Å². The third-order valence-electron chi connectivity index (χ3n) is 4.32. The van der Waals surface area contributed by atoms with Crippen LogP contribution in [0.3, 0.4) is 0 Å². The molecular formula is C12H19N5O2. The molecule has 3 atom stereocenters. The van der Waals surface area contributed by atoms with Gasteiger partial charge in [0.1, 0.15) is 6.04 Å². The van der Waals surface area contributed by atoms with Gasteiger partial charge in [0.05, 0.1) is 20.7 Å². The van der Waals surface area contributed by atoms with Crippen molar-refractivity contribution < 1.29 is 9.53 Å². The number of methoxy groups -OCH3 is 1. The molecule has 19 heavy (non-hydrogen) atoms. The van der Waals surface area contributed by atoms with Gasteiger partial charge in [-0.25, -0.2) is 0 Å². The van der Waals surface area contributed by atoms with Crippen molar-refractivity contribution in [1.29, 1.82) is 0 Å². The molecule has 1 saturated carbocycles. The number of aromatic nitrogens is 4. The van der Waals surface area contributed by atoms with Gasteiger partial charge < -0.3 is 4.74 Å². The van der Waals surface area contributed by atoms with E-state index in [9.17, 15) is 4.79 Å². The minimum atomic E-state index is -0.138. The Hall–Kier alpha value is -1.50. The summed E-state index contributed by atoms with van der Waals surface area (Å²) < 4.78 is 4.97. The first-order valence-corrected chi connectivity index (χ1v) is 6.74. The minimum absolute atomic E-state index is 0.127. The first kappa shape index (κ1) is 12.5. The number of rotatable bonds is 3. The number of hydrogen-bond donors (Lipinski definition) is 0. The monoisotopic (exact) mass is 265 g/mol. The summed E-state index contributed by atoms with van der Waals surface area (Å²) in [5.41, 5.74) is 0. The summed E-state index contributed by atoms with van der Waals surface area (Å²) in [5, 5.41) is 12.0. The van der Waals surface area contributed by atoms with Gasteiger partial charge in [-0.05, 0) is 29.9 Å². The number of esters is 1. The van der Waals surface area contributed by atoms with Gasteiger partial charge in [0.2, 0.25) is 0 Å². The summed E-state index contributed by atoms with van der Waals surface area (Å²) in [7, 11) is 3.20. The molecule has 0 bridgehead atoms. The molecule has 0 N–H and O–H groups in total. The Morgan fingerprint density at radius 1 is 1.47 bits per heavy atom. The largest absolute Gasteiger partial charge is 0.468 e. The molecule has 3 unspecified atom stereocenters. The molecule has 0 radical (unpaired) electrons. The molecule has 2 aliphatic rings. The number of likely N-dealkylation sites (tertiary alicyclic amines) is 1. The molecule has 1 saturated heterocycles. The Kier molecular flexibility index (Phi) is 3.22. The number of fused-ring (bicyclic) bond motifs is 1. The minimum Gasteiger partial charge on any atom is -0.468 e. The Balaban J connectivity index is 1.77. The van der Waals surface area contributed by atoms with E-state index in [-0.39, 0.29) is 12.0 Å². The third-order valence-corrected chi connectivity index (χ3v) is 4.32. The SMILES string of the molecule is COC(=O)C1C2CCCC2CN1Cc1nnn(C)n1. The van der Waals surface area contributed by atoms with E-state index in [2.05, 4.69) is 20.3 Å². The molecule has 3 rings (SSSR count). The highest BCUT2D eigenvalue weighted by Gasteiger charge is 2.48. The predicted molar refractivity (Wildman–Crippen MR) is 65.8 cm³/mol. The summed E-state index contributed by atoms with van der Waals surface area (Å²) in [6.45, 7) is 1.50. The van der Waals surface area contributed by atoms with Crippen LogP contribution in [0.5, 0.6) is 0 Å². The quantitative estimate of drug-likeness (QED) is 0.715. The summed E-state index contributed by atoms with van der Waals surface area (Å²) in [4.78, 5) is 15.6. The van der Waals surface area contributed by atoms with Gasteiger partial charge in [0.25, 0.3) is 0 Å². The van der Waals surface area contributed by atoms with E-state index in [1.165, 1.54) is 24.7 Å². The van der Waals surface area contributed by atoms with Crippen LogP contribution in [-0.2, 0) is 23.1 Å². The van der Waals surface area contributed by atoms with Crippen molar-refractivity contribution in [2.24, 2.45) is 18.9 Å². The highest BCUT2D eigenvalue weighted by molar-refractivity contribution is 5.76. The molecule has 0 spiro atoms. The fourth-order valence-corrected chi connectivity index (χ4v) is 3.57. The topological polar surface area (TPSA) is 73.1 Å². The van der Waals surface area contributed by atoms with Crippen molar-refractivity contribution >= 4 is 5.97 Å². The van der Waals surface area contributed by atoms with Crippen LogP contribution in [0.2, 0.25) is 0 Å². The van der Waals surface area contributed by atoms with Crippen molar-refractivity contribution in [1.82, 2.24) is 25.1 Å². The zero-order valence-corrected chi connectivity index (χ0v) is 11.3. The van der Waals surface area contributed by atoms with Crippen LogP contribution < -0.4 is 0 Å². The summed E-state index contributed by atoms with van der Waals surface area (Å²) >= 11 is 0. The van der Waals surface area contributed by atoms with Crippen molar-refractivity contribution in [3.8, 4) is 0 Å². The van der Waals surface area contributed by atoms with Crippen molar-refractivity contribution in [3.63, 3.8) is 0 Å². The zero-order chi connectivity index (χ0) is 13.4. The van der Waals surface area contributed by atoms with E-state index in [1.54, 1.807) is 7.05 Å². The first-order valence-electron chi connectivity index (χ1n) is 6.74. The number of hydrogen-bond acceptors (Lipinski definition) is 6. The molecule has 1 aliphatic heterocycles. The summed E-state index contributed by atoms with van der Waals surface area (Å²) in [6, 6.07) is -0.138. The van der Waals surface area contributed by atoms with Crippen LogP contribution in [-0.4, -0.2) is 50.8 Å². The van der Waals surface area contributed by atoms with Crippen molar-refractivity contribution in [3.05, 3.63) is 5.82 Å². The van der Waals surface area contributed by atoms with Crippen molar-refractivity contribution in [2.75, 3.05) is 13.7 Å². The lowest BCUT2D eigenvalue weighted by Gasteiger charge is -2.24. The lowest BCUT2D eigenvalue weighted by molar-refractivity contribution is -0.147. The van der Waals surface area contributed by atoms with Crippen LogP contribution in [0.15, 0.2) is 0 Å². The second-order valence-corrected chi connectivity index (χ2v) is 5.45. The smallest absolute Gasteiger partial charge is 0.323 e. The fraction of sp³-hybridized carbons (Fsp3) is 0.833. The second-order valence-electron chi connectivity index (χ2n) is 5.45. The summed E-state index contributed by atoms with van der Waals surface area (Å²) in [5.74, 6) is 1.58. The van der Waals surface area contributed by atoms with Crippen LogP contribution in [0.1, 0.15) is 25.1 Å². The molecule has 1 aromatic rings. The maximum Gasteiger partial charge on any atom is 0.323 e. The van der Waals surface area contributed by atoms with Crippen LogP contribution in [0.4, 0.5) is 0 Å². The van der Waals surface area contributed by atoms with Gasteiger partial charge in [0, 0.05) is 6.54 Å². The number of carbonyl (C=O) groups is 1. The van der Waals surface area contributed by atoms with Gasteiger partial charge in [0.15, 0.2) is 5.82 Å². The van der Waals surface area contributed by atoms with E-state index in [1.807, 2.05) is 0 Å². The summed E-state index contributed by atoms with van der Waals surface area (Å²) in [6.07, 6.45) is 3.55. The number of aryl methyl sites for hydroxylation is 1. The molecule has 2 fully saturated rings. The Morgan fingerprint density at radius 2 is 2.32 bits per heavy atom. The van der Waals surface area contributed by atoms with E-state index in [4.69, 9.17) is 4.74 Å². The third kappa shape index (κ3) is 2.22.